The molecule has 0 N–H and O–H groups in total. The Bertz CT molecular complexity index is 636. The first-order chi connectivity index (χ1) is 13.3. The van der Waals surface area contributed by atoms with E-state index in [1.165, 1.54) is 64.2 Å². The van der Waals surface area contributed by atoms with Gasteiger partial charge in [-0.3, -0.25) is 0 Å². The van der Waals surface area contributed by atoms with Crippen LogP contribution in [0.25, 0.3) is 0 Å². The lowest BCUT2D eigenvalue weighted by atomic mass is 9.49. The Kier molecular flexibility index (Phi) is 5.65. The largest absolute Gasteiger partial charge is 0.0634 e. The van der Waals surface area contributed by atoms with E-state index in [9.17, 15) is 0 Å². The SMILES string of the molecule is CC(C)CCC[C@@H](C)C1CCC2C3=CC=C4C[C@@H](C)CC[C@]4(C)C3CC[C@@]21C. The van der Waals surface area contributed by atoms with Crippen LogP contribution in [0.5, 0.6) is 0 Å². The lowest BCUT2D eigenvalue weighted by Crippen LogP contribution is -2.46. The van der Waals surface area contributed by atoms with Crippen molar-refractivity contribution in [3.8, 4) is 0 Å². The van der Waals surface area contributed by atoms with Gasteiger partial charge in [0.1, 0.15) is 0 Å². The first-order valence-electron chi connectivity index (χ1n) is 12.7. The second-order valence-electron chi connectivity index (χ2n) is 12.3. The van der Waals surface area contributed by atoms with E-state index in [4.69, 9.17) is 0 Å². The summed E-state index contributed by atoms with van der Waals surface area (Å²) in [6.45, 7) is 15.1. The topological polar surface area (TPSA) is 0 Å². The minimum Gasteiger partial charge on any atom is -0.0634 e. The fraction of sp³-hybridized carbons (Fsp3) is 0.857. The van der Waals surface area contributed by atoms with Gasteiger partial charge in [0.25, 0.3) is 0 Å². The molecule has 158 valence electrons. The average Bonchev–Trinajstić information content (AvgIpc) is 2.99. The summed E-state index contributed by atoms with van der Waals surface area (Å²) < 4.78 is 0. The van der Waals surface area contributed by atoms with Gasteiger partial charge < -0.3 is 0 Å². The Morgan fingerprint density at radius 3 is 2.46 bits per heavy atom. The quantitative estimate of drug-likeness (QED) is 0.446. The van der Waals surface area contributed by atoms with E-state index in [1.54, 1.807) is 5.57 Å². The predicted octanol–water partition coefficient (Wildman–Crippen LogP) is 8.58. The molecule has 0 saturated heterocycles. The van der Waals surface area contributed by atoms with E-state index in [1.807, 2.05) is 5.57 Å². The molecule has 4 aliphatic rings. The second kappa shape index (κ2) is 7.63. The van der Waals surface area contributed by atoms with Gasteiger partial charge in [-0.25, -0.2) is 0 Å². The van der Waals surface area contributed by atoms with Crippen LogP contribution in [0.2, 0.25) is 0 Å². The Hall–Kier alpha value is -0.520. The van der Waals surface area contributed by atoms with Gasteiger partial charge in [-0.05, 0) is 91.3 Å². The van der Waals surface area contributed by atoms with Crippen molar-refractivity contribution in [2.45, 2.75) is 106 Å². The van der Waals surface area contributed by atoms with Gasteiger partial charge in [-0.15, -0.1) is 0 Å². The summed E-state index contributed by atoms with van der Waals surface area (Å²) in [5.41, 5.74) is 4.73. The van der Waals surface area contributed by atoms with Gasteiger partial charge in [0, 0.05) is 0 Å². The number of hydrogen-bond acceptors (Lipinski definition) is 0. The molecule has 0 aromatic heterocycles. The molecule has 3 saturated carbocycles. The van der Waals surface area contributed by atoms with Crippen molar-refractivity contribution in [3.05, 3.63) is 23.3 Å². The normalized spacial score (nSPS) is 43.7. The molecule has 4 rings (SSSR count). The molecular formula is C28H46. The van der Waals surface area contributed by atoms with Crippen LogP contribution in [0.3, 0.4) is 0 Å². The third kappa shape index (κ3) is 3.35. The lowest BCUT2D eigenvalue weighted by Gasteiger charge is -2.55. The average molecular weight is 383 g/mol. The molecule has 0 spiro atoms. The number of fused-ring (bicyclic) bond motifs is 5. The first kappa shape index (κ1) is 20.7. The Balaban J connectivity index is 1.53. The molecule has 0 heteroatoms. The highest BCUT2D eigenvalue weighted by atomic mass is 14.6. The van der Waals surface area contributed by atoms with Crippen molar-refractivity contribution in [3.63, 3.8) is 0 Å². The van der Waals surface area contributed by atoms with Crippen molar-refractivity contribution in [1.82, 2.24) is 0 Å². The van der Waals surface area contributed by atoms with Crippen LogP contribution in [-0.2, 0) is 0 Å². The number of allylic oxidation sites excluding steroid dienone is 4. The lowest BCUT2D eigenvalue weighted by molar-refractivity contribution is 0.0447. The van der Waals surface area contributed by atoms with Crippen LogP contribution in [0.4, 0.5) is 0 Å². The zero-order valence-electron chi connectivity index (χ0n) is 19.7. The number of rotatable bonds is 5. The van der Waals surface area contributed by atoms with Crippen molar-refractivity contribution < 1.29 is 0 Å². The van der Waals surface area contributed by atoms with Crippen LogP contribution in [0.15, 0.2) is 23.3 Å². The molecule has 0 bridgehead atoms. The van der Waals surface area contributed by atoms with E-state index >= 15 is 0 Å². The van der Waals surface area contributed by atoms with Gasteiger partial charge in [0.15, 0.2) is 0 Å². The monoisotopic (exact) mass is 382 g/mol. The standard InChI is InChI=1S/C28H46/c1-19(2)8-7-9-21(4)24-12-13-25-23-11-10-22-18-20(3)14-16-27(22,5)26(23)15-17-28(24,25)6/h10-11,19-21,24-26H,7-9,12-18H2,1-6H3/t20-,21+,24?,25?,26?,27-,28+/m0/s1. The smallest absolute Gasteiger partial charge is 0.00474 e. The molecule has 3 unspecified atom stereocenters. The zero-order valence-corrected chi connectivity index (χ0v) is 19.7. The molecule has 0 radical (unpaired) electrons. The fourth-order valence-corrected chi connectivity index (χ4v) is 8.21. The molecule has 28 heavy (non-hydrogen) atoms. The predicted molar refractivity (Wildman–Crippen MR) is 122 cm³/mol. The molecule has 0 amide bonds. The molecule has 3 fully saturated rings. The van der Waals surface area contributed by atoms with Crippen LogP contribution in [0.1, 0.15) is 106 Å². The Morgan fingerprint density at radius 1 is 0.929 bits per heavy atom. The van der Waals surface area contributed by atoms with Crippen LogP contribution >= 0.6 is 0 Å². The summed E-state index contributed by atoms with van der Waals surface area (Å²) in [6.07, 6.45) is 19.6. The molecule has 0 aromatic carbocycles. The number of hydrogen-bond donors (Lipinski definition) is 0. The summed E-state index contributed by atoms with van der Waals surface area (Å²) in [5.74, 6) is 5.35. The second-order valence-corrected chi connectivity index (χ2v) is 12.3. The van der Waals surface area contributed by atoms with E-state index in [0.717, 1.165) is 35.5 Å². The summed E-state index contributed by atoms with van der Waals surface area (Å²) in [7, 11) is 0. The van der Waals surface area contributed by atoms with E-state index in [0.29, 0.717) is 10.8 Å². The van der Waals surface area contributed by atoms with Crippen LogP contribution in [0, 0.1) is 46.3 Å². The molecule has 0 aliphatic heterocycles. The maximum Gasteiger partial charge on any atom is -0.00474 e. The molecule has 0 nitrogen and oxygen atoms in total. The minimum absolute atomic E-state index is 0.485. The Morgan fingerprint density at radius 2 is 1.71 bits per heavy atom. The minimum atomic E-state index is 0.485. The highest BCUT2D eigenvalue weighted by molar-refractivity contribution is 5.38. The third-order valence-corrected chi connectivity index (χ3v) is 10.0. The first-order valence-corrected chi connectivity index (χ1v) is 12.7. The summed E-state index contributed by atoms with van der Waals surface area (Å²) >= 11 is 0. The maximum absolute atomic E-state index is 2.69. The molecule has 0 heterocycles. The van der Waals surface area contributed by atoms with Gasteiger partial charge >= 0.3 is 0 Å². The third-order valence-electron chi connectivity index (χ3n) is 10.0. The fourth-order valence-electron chi connectivity index (χ4n) is 8.21. The maximum atomic E-state index is 2.69. The van der Waals surface area contributed by atoms with Crippen LogP contribution in [-0.4, -0.2) is 0 Å². The van der Waals surface area contributed by atoms with Crippen molar-refractivity contribution in [1.29, 1.82) is 0 Å². The molecule has 4 aliphatic carbocycles. The van der Waals surface area contributed by atoms with Gasteiger partial charge in [-0.1, -0.05) is 84.1 Å². The van der Waals surface area contributed by atoms with E-state index in [-0.39, 0.29) is 0 Å². The van der Waals surface area contributed by atoms with Crippen molar-refractivity contribution >= 4 is 0 Å². The summed E-state index contributed by atoms with van der Waals surface area (Å²) in [5, 5.41) is 0. The van der Waals surface area contributed by atoms with Gasteiger partial charge in [0.05, 0.1) is 0 Å². The van der Waals surface area contributed by atoms with Crippen molar-refractivity contribution in [2.24, 2.45) is 46.3 Å². The van der Waals surface area contributed by atoms with Gasteiger partial charge in [-0.2, -0.15) is 0 Å². The summed E-state index contributed by atoms with van der Waals surface area (Å²) in [4.78, 5) is 0. The highest BCUT2D eigenvalue weighted by Gasteiger charge is 2.56. The van der Waals surface area contributed by atoms with Crippen LogP contribution < -0.4 is 0 Å². The molecule has 7 atom stereocenters. The van der Waals surface area contributed by atoms with Gasteiger partial charge in [0.2, 0.25) is 0 Å². The summed E-state index contributed by atoms with van der Waals surface area (Å²) in [6, 6.07) is 0. The Labute approximate surface area is 175 Å². The van der Waals surface area contributed by atoms with E-state index < -0.39 is 0 Å². The van der Waals surface area contributed by atoms with Crippen molar-refractivity contribution in [2.75, 3.05) is 0 Å². The molecular weight excluding hydrogens is 336 g/mol. The highest BCUT2D eigenvalue weighted by Crippen LogP contribution is 2.66. The zero-order chi connectivity index (χ0) is 20.1. The van der Waals surface area contributed by atoms with E-state index in [2.05, 4.69) is 53.7 Å². The molecule has 0 aromatic rings.